The number of nitrogens with zero attached hydrogens (tertiary/aromatic N) is 3. The lowest BCUT2D eigenvalue weighted by Crippen LogP contribution is -2.56. The number of para-hydroxylation sites is 1. The minimum absolute atomic E-state index is 0.0681. The van der Waals surface area contributed by atoms with Gasteiger partial charge in [-0.2, -0.15) is 0 Å². The van der Waals surface area contributed by atoms with Crippen molar-refractivity contribution in [1.82, 2.24) is 9.80 Å². The zero-order valence-corrected chi connectivity index (χ0v) is 14.3. The van der Waals surface area contributed by atoms with E-state index in [2.05, 4.69) is 15.9 Å². The zero-order valence-electron chi connectivity index (χ0n) is 13.6. The third-order valence-electron chi connectivity index (χ3n) is 4.74. The van der Waals surface area contributed by atoms with Crippen molar-refractivity contribution in [3.63, 3.8) is 0 Å². The van der Waals surface area contributed by atoms with Gasteiger partial charge in [-0.15, -0.1) is 0 Å². The fraction of sp³-hybridized carbons (Fsp3) is 0.588. The van der Waals surface area contributed by atoms with Crippen molar-refractivity contribution < 1.29 is 9.53 Å². The Balaban J connectivity index is 1.56. The van der Waals surface area contributed by atoms with Crippen LogP contribution in [0.1, 0.15) is 6.92 Å². The summed E-state index contributed by atoms with van der Waals surface area (Å²) in [5.41, 5.74) is 1.08. The Hall–Kier alpha value is -1.30. The molecular formula is C17H24ClN3O2. The molecule has 2 aliphatic heterocycles. The number of hydrogen-bond acceptors (Lipinski definition) is 4. The third-order valence-corrected chi connectivity index (χ3v) is 5.05. The molecule has 0 aliphatic carbocycles. The van der Waals surface area contributed by atoms with Crippen molar-refractivity contribution in [1.29, 1.82) is 0 Å². The van der Waals surface area contributed by atoms with Gasteiger partial charge >= 0.3 is 0 Å². The van der Waals surface area contributed by atoms with Crippen LogP contribution in [0, 0.1) is 0 Å². The fourth-order valence-electron chi connectivity index (χ4n) is 3.26. The van der Waals surface area contributed by atoms with Gasteiger partial charge in [-0.1, -0.05) is 23.7 Å². The summed E-state index contributed by atoms with van der Waals surface area (Å²) in [7, 11) is 0. The molecule has 0 N–H and O–H groups in total. The Morgan fingerprint density at radius 2 is 1.74 bits per heavy atom. The summed E-state index contributed by atoms with van der Waals surface area (Å²) in [6.07, 6.45) is 0. The summed E-state index contributed by atoms with van der Waals surface area (Å²) in [6, 6.07) is 7.87. The molecule has 0 spiro atoms. The summed E-state index contributed by atoms with van der Waals surface area (Å²) in [4.78, 5) is 19.1. The van der Waals surface area contributed by atoms with Gasteiger partial charge in [0, 0.05) is 39.3 Å². The lowest BCUT2D eigenvalue weighted by Gasteiger charge is -2.40. The van der Waals surface area contributed by atoms with Crippen LogP contribution >= 0.6 is 11.6 Å². The maximum Gasteiger partial charge on any atom is 0.239 e. The fourth-order valence-corrected chi connectivity index (χ4v) is 3.52. The van der Waals surface area contributed by atoms with E-state index < -0.39 is 0 Å². The van der Waals surface area contributed by atoms with Crippen LogP contribution in [0.15, 0.2) is 24.3 Å². The molecule has 0 radical (unpaired) electrons. The van der Waals surface area contributed by atoms with E-state index in [-0.39, 0.29) is 11.9 Å². The van der Waals surface area contributed by atoms with E-state index in [9.17, 15) is 4.79 Å². The van der Waals surface area contributed by atoms with Crippen molar-refractivity contribution in [2.45, 2.75) is 13.0 Å². The number of morpholine rings is 1. The number of carbonyl (C=O) groups excluding carboxylic acids is 1. The standard InChI is InChI=1S/C17H24ClN3O2/c1-14(17(22)21-10-12-23-13-11-21)19-6-8-20(9-7-19)16-5-3-2-4-15(16)18/h2-5,14H,6-13H2,1H3/t14-/m1/s1. The van der Waals surface area contributed by atoms with Gasteiger partial charge in [-0.3, -0.25) is 9.69 Å². The monoisotopic (exact) mass is 337 g/mol. The number of carbonyl (C=O) groups is 1. The SMILES string of the molecule is C[C@H](C(=O)N1CCOCC1)N1CCN(c2ccccc2Cl)CC1. The minimum atomic E-state index is -0.0681. The second-order valence-corrected chi connectivity index (χ2v) is 6.50. The van der Waals surface area contributed by atoms with E-state index in [1.807, 2.05) is 30.0 Å². The van der Waals surface area contributed by atoms with Crippen LogP contribution < -0.4 is 4.90 Å². The lowest BCUT2D eigenvalue weighted by atomic mass is 10.1. The van der Waals surface area contributed by atoms with Crippen molar-refractivity contribution >= 4 is 23.2 Å². The van der Waals surface area contributed by atoms with Gasteiger partial charge in [0.2, 0.25) is 5.91 Å². The first-order chi connectivity index (χ1) is 11.2. The minimum Gasteiger partial charge on any atom is -0.378 e. The molecule has 2 saturated heterocycles. The van der Waals surface area contributed by atoms with Gasteiger partial charge in [0.15, 0.2) is 0 Å². The molecule has 23 heavy (non-hydrogen) atoms. The van der Waals surface area contributed by atoms with Gasteiger partial charge < -0.3 is 14.5 Å². The summed E-state index contributed by atoms with van der Waals surface area (Å²) in [5, 5.41) is 0.790. The van der Waals surface area contributed by atoms with E-state index in [4.69, 9.17) is 16.3 Å². The molecule has 1 aromatic carbocycles. The van der Waals surface area contributed by atoms with Crippen LogP contribution in [0.3, 0.4) is 0 Å². The highest BCUT2D eigenvalue weighted by Crippen LogP contribution is 2.26. The highest BCUT2D eigenvalue weighted by Gasteiger charge is 2.29. The molecule has 2 fully saturated rings. The quantitative estimate of drug-likeness (QED) is 0.841. The molecule has 1 aromatic rings. The molecule has 1 amide bonds. The Morgan fingerprint density at radius 3 is 2.39 bits per heavy atom. The van der Waals surface area contributed by atoms with E-state index in [1.54, 1.807) is 0 Å². The molecule has 2 heterocycles. The zero-order chi connectivity index (χ0) is 16.2. The molecule has 0 aromatic heterocycles. The second kappa shape index (κ2) is 7.51. The average Bonchev–Trinajstić information content (AvgIpc) is 2.62. The molecule has 6 heteroatoms. The summed E-state index contributed by atoms with van der Waals surface area (Å²) in [5.74, 6) is 0.222. The van der Waals surface area contributed by atoms with Crippen LogP contribution in [0.25, 0.3) is 0 Å². The Kier molecular flexibility index (Phi) is 5.41. The maximum atomic E-state index is 12.6. The number of benzene rings is 1. The summed E-state index contributed by atoms with van der Waals surface area (Å²) < 4.78 is 5.32. The van der Waals surface area contributed by atoms with Crippen LogP contribution in [-0.2, 0) is 9.53 Å². The largest absolute Gasteiger partial charge is 0.378 e. The highest BCUT2D eigenvalue weighted by molar-refractivity contribution is 6.33. The first-order valence-electron chi connectivity index (χ1n) is 8.27. The molecular weight excluding hydrogens is 314 g/mol. The normalized spacial score (nSPS) is 21.3. The van der Waals surface area contributed by atoms with Crippen molar-refractivity contribution in [3.8, 4) is 0 Å². The Morgan fingerprint density at radius 1 is 1.09 bits per heavy atom. The van der Waals surface area contributed by atoms with Gasteiger partial charge in [0.05, 0.1) is 30.0 Å². The summed E-state index contributed by atoms with van der Waals surface area (Å²) in [6.45, 7) is 8.28. The topological polar surface area (TPSA) is 36.0 Å². The van der Waals surface area contributed by atoms with Gasteiger partial charge in [-0.25, -0.2) is 0 Å². The molecule has 1 atom stereocenters. The lowest BCUT2D eigenvalue weighted by molar-refractivity contribution is -0.140. The number of hydrogen-bond donors (Lipinski definition) is 0. The number of amides is 1. The van der Waals surface area contributed by atoms with Gasteiger partial charge in [0.25, 0.3) is 0 Å². The molecule has 0 bridgehead atoms. The van der Waals surface area contributed by atoms with Crippen molar-refractivity contribution in [2.24, 2.45) is 0 Å². The maximum absolute atomic E-state index is 12.6. The molecule has 0 saturated carbocycles. The highest BCUT2D eigenvalue weighted by atomic mass is 35.5. The van der Waals surface area contributed by atoms with Gasteiger partial charge in [-0.05, 0) is 19.1 Å². The predicted octanol–water partition coefficient (Wildman–Crippen LogP) is 1.71. The van der Waals surface area contributed by atoms with Crippen LogP contribution in [0.4, 0.5) is 5.69 Å². The van der Waals surface area contributed by atoms with Crippen LogP contribution in [0.5, 0.6) is 0 Å². The van der Waals surface area contributed by atoms with Crippen molar-refractivity contribution in [2.75, 3.05) is 57.4 Å². The first kappa shape index (κ1) is 16.6. The molecule has 2 aliphatic rings. The van der Waals surface area contributed by atoms with Crippen LogP contribution in [0.2, 0.25) is 5.02 Å². The number of ether oxygens (including phenoxy) is 1. The molecule has 0 unspecified atom stereocenters. The summed E-state index contributed by atoms with van der Waals surface area (Å²) >= 11 is 6.28. The van der Waals surface area contributed by atoms with E-state index >= 15 is 0 Å². The predicted molar refractivity (Wildman–Crippen MR) is 92.1 cm³/mol. The molecule has 3 rings (SSSR count). The second-order valence-electron chi connectivity index (χ2n) is 6.09. The average molecular weight is 338 g/mol. The van der Waals surface area contributed by atoms with E-state index in [0.717, 1.165) is 36.9 Å². The van der Waals surface area contributed by atoms with Crippen molar-refractivity contribution in [3.05, 3.63) is 29.3 Å². The number of anilines is 1. The number of rotatable bonds is 3. The van der Waals surface area contributed by atoms with E-state index in [1.165, 1.54) is 0 Å². The van der Waals surface area contributed by atoms with Gasteiger partial charge in [0.1, 0.15) is 0 Å². The third kappa shape index (κ3) is 3.79. The smallest absolute Gasteiger partial charge is 0.239 e. The van der Waals surface area contributed by atoms with E-state index in [0.29, 0.717) is 26.3 Å². The number of halogens is 1. The Labute approximate surface area is 142 Å². The molecule has 5 nitrogen and oxygen atoms in total. The van der Waals surface area contributed by atoms with Crippen LogP contribution in [-0.4, -0.2) is 74.2 Å². The number of piperazine rings is 1. The molecule has 126 valence electrons. The first-order valence-corrected chi connectivity index (χ1v) is 8.64. The Bertz CT molecular complexity index is 540.